The van der Waals surface area contributed by atoms with Crippen LogP contribution in [0.5, 0.6) is 0 Å². The quantitative estimate of drug-likeness (QED) is 0.436. The lowest BCUT2D eigenvalue weighted by atomic mass is 10.1. The second-order valence-corrected chi connectivity index (χ2v) is 7.24. The Morgan fingerprint density at radius 2 is 1.97 bits per heavy atom. The van der Waals surface area contributed by atoms with Crippen LogP contribution in [0.3, 0.4) is 0 Å². The minimum Gasteiger partial charge on any atom is -0.466 e. The van der Waals surface area contributed by atoms with Gasteiger partial charge < -0.3 is 15.8 Å². The predicted octanol–water partition coefficient (Wildman–Crippen LogP) is 3.21. The molecule has 2 aromatic heterocycles. The molecule has 0 atom stereocenters. The van der Waals surface area contributed by atoms with Gasteiger partial charge in [0.15, 0.2) is 5.65 Å². The topological polar surface area (TPSA) is 112 Å². The lowest BCUT2D eigenvalue weighted by molar-refractivity contribution is -0.140. The van der Waals surface area contributed by atoms with E-state index in [2.05, 4.69) is 15.4 Å². The van der Waals surface area contributed by atoms with Crippen molar-refractivity contribution < 1.29 is 14.3 Å². The maximum atomic E-state index is 13.3. The number of fused-ring (bicyclic) bond motifs is 1. The molecule has 0 bridgehead atoms. The van der Waals surface area contributed by atoms with Gasteiger partial charge in [-0.05, 0) is 29.3 Å². The molecule has 3 N–H and O–H groups in total. The first-order valence-electron chi connectivity index (χ1n) is 10.2. The highest BCUT2D eigenvalue weighted by molar-refractivity contribution is 6.09. The van der Waals surface area contributed by atoms with Gasteiger partial charge in [-0.25, -0.2) is 9.50 Å². The Morgan fingerprint density at radius 1 is 1.12 bits per heavy atom. The predicted molar refractivity (Wildman–Crippen MR) is 121 cm³/mol. The van der Waals surface area contributed by atoms with Crippen molar-refractivity contribution >= 4 is 23.2 Å². The summed E-state index contributed by atoms with van der Waals surface area (Å²) in [5, 5.41) is 7.56. The number of esters is 1. The van der Waals surface area contributed by atoms with Crippen LogP contribution in [0.2, 0.25) is 0 Å². The average Bonchev–Trinajstić information content (AvgIpc) is 3.28. The molecule has 4 rings (SSSR count). The number of rotatable bonds is 7. The summed E-state index contributed by atoms with van der Waals surface area (Å²) in [6.45, 7) is 2.02. The number of imidazole rings is 1. The summed E-state index contributed by atoms with van der Waals surface area (Å²) in [4.78, 5) is 28.6. The fourth-order valence-corrected chi connectivity index (χ4v) is 3.44. The molecule has 4 aromatic rings. The fourth-order valence-electron chi connectivity index (χ4n) is 3.44. The van der Waals surface area contributed by atoms with E-state index in [1.807, 2.05) is 48.5 Å². The van der Waals surface area contributed by atoms with Crippen LogP contribution in [0, 0.1) is 0 Å². The van der Waals surface area contributed by atoms with Gasteiger partial charge in [-0.3, -0.25) is 9.59 Å². The molecule has 162 valence electrons. The molecular formula is C24H23N5O3. The van der Waals surface area contributed by atoms with Crippen molar-refractivity contribution in [2.75, 3.05) is 11.9 Å². The lowest BCUT2D eigenvalue weighted by Gasteiger charge is -2.12. The molecular weight excluding hydrogens is 406 g/mol. The van der Waals surface area contributed by atoms with Gasteiger partial charge in [0.2, 0.25) is 0 Å². The number of aromatic nitrogens is 3. The van der Waals surface area contributed by atoms with Crippen molar-refractivity contribution in [3.05, 3.63) is 83.7 Å². The number of ether oxygens (including phenoxy) is 1. The summed E-state index contributed by atoms with van der Waals surface area (Å²) in [7, 11) is 0. The first-order chi connectivity index (χ1) is 15.5. The highest BCUT2D eigenvalue weighted by atomic mass is 16.5. The summed E-state index contributed by atoms with van der Waals surface area (Å²) in [5.74, 6) is -0.643. The van der Waals surface area contributed by atoms with Crippen molar-refractivity contribution in [1.29, 1.82) is 0 Å². The third-order valence-electron chi connectivity index (χ3n) is 5.00. The van der Waals surface area contributed by atoms with Crippen LogP contribution in [0.25, 0.3) is 16.9 Å². The van der Waals surface area contributed by atoms with E-state index in [9.17, 15) is 9.59 Å². The van der Waals surface area contributed by atoms with Crippen molar-refractivity contribution in [2.24, 2.45) is 5.73 Å². The summed E-state index contributed by atoms with van der Waals surface area (Å²) in [6, 6.07) is 16.9. The number of hydrogen-bond acceptors (Lipinski definition) is 6. The van der Waals surface area contributed by atoms with Crippen molar-refractivity contribution in [1.82, 2.24) is 14.6 Å². The van der Waals surface area contributed by atoms with Crippen LogP contribution < -0.4 is 11.1 Å². The standard InChI is InChI=1S/C24H23N5O3/c1-16(30)32-12-9-18-6-2-3-8-21(18)27-24(31)20-14-22(28-29-11-10-26-23(20)29)19-7-4-5-17(13-19)15-25/h2-8,10-11,13-14H,9,12,15,25H2,1H3,(H,27,31). The van der Waals surface area contributed by atoms with Gasteiger partial charge >= 0.3 is 5.97 Å². The zero-order valence-electron chi connectivity index (χ0n) is 17.6. The maximum Gasteiger partial charge on any atom is 0.302 e. The first kappa shape index (κ1) is 21.2. The molecule has 8 nitrogen and oxygen atoms in total. The van der Waals surface area contributed by atoms with Crippen molar-refractivity contribution in [2.45, 2.75) is 19.9 Å². The van der Waals surface area contributed by atoms with Crippen LogP contribution in [-0.2, 0) is 22.5 Å². The molecule has 0 aliphatic heterocycles. The van der Waals surface area contributed by atoms with E-state index in [-0.39, 0.29) is 18.5 Å². The Morgan fingerprint density at radius 3 is 2.78 bits per heavy atom. The number of amides is 1. The van der Waals surface area contributed by atoms with Gasteiger partial charge in [0.05, 0.1) is 17.9 Å². The normalized spacial score (nSPS) is 10.8. The van der Waals surface area contributed by atoms with Crippen molar-refractivity contribution in [3.63, 3.8) is 0 Å². The smallest absolute Gasteiger partial charge is 0.302 e. The van der Waals surface area contributed by atoms with E-state index in [0.29, 0.717) is 35.6 Å². The Bertz CT molecular complexity index is 1280. The van der Waals surface area contributed by atoms with Gasteiger partial charge in [-0.15, -0.1) is 0 Å². The maximum absolute atomic E-state index is 13.3. The summed E-state index contributed by atoms with van der Waals surface area (Å²) in [5.41, 5.74) is 10.6. The van der Waals surface area contributed by atoms with E-state index in [4.69, 9.17) is 10.5 Å². The van der Waals surface area contributed by atoms with Crippen molar-refractivity contribution in [3.8, 4) is 11.3 Å². The molecule has 2 aromatic carbocycles. The second kappa shape index (κ2) is 9.40. The average molecular weight is 429 g/mol. The summed E-state index contributed by atoms with van der Waals surface area (Å²) >= 11 is 0. The molecule has 0 saturated carbocycles. The van der Waals surface area contributed by atoms with E-state index in [1.54, 1.807) is 23.0 Å². The molecule has 0 saturated heterocycles. The number of nitrogens with one attached hydrogen (secondary N) is 1. The lowest BCUT2D eigenvalue weighted by Crippen LogP contribution is -2.16. The minimum absolute atomic E-state index is 0.240. The Balaban J connectivity index is 1.66. The zero-order chi connectivity index (χ0) is 22.5. The second-order valence-electron chi connectivity index (χ2n) is 7.24. The molecule has 0 spiro atoms. The molecule has 8 heteroatoms. The number of benzene rings is 2. The van der Waals surface area contributed by atoms with Crippen LogP contribution in [0.4, 0.5) is 5.69 Å². The molecule has 0 fully saturated rings. The number of carbonyl (C=O) groups is 2. The molecule has 0 radical (unpaired) electrons. The van der Waals surface area contributed by atoms with E-state index >= 15 is 0 Å². The molecule has 2 heterocycles. The van der Waals surface area contributed by atoms with Gasteiger partial charge in [0.25, 0.3) is 5.91 Å². The number of nitrogens with zero attached hydrogens (tertiary/aromatic N) is 3. The number of anilines is 1. The van der Waals surface area contributed by atoms with Gasteiger partial charge in [0.1, 0.15) is 0 Å². The number of para-hydroxylation sites is 1. The minimum atomic E-state index is -0.337. The van der Waals surface area contributed by atoms with Gasteiger partial charge in [-0.1, -0.05) is 36.4 Å². The first-order valence-corrected chi connectivity index (χ1v) is 10.2. The Labute approximate surface area is 185 Å². The Kier molecular flexibility index (Phi) is 6.23. The molecule has 0 aliphatic carbocycles. The van der Waals surface area contributed by atoms with E-state index < -0.39 is 0 Å². The van der Waals surface area contributed by atoms with Crippen LogP contribution in [-0.4, -0.2) is 33.1 Å². The fraction of sp³-hybridized carbons (Fsp3) is 0.167. The summed E-state index contributed by atoms with van der Waals surface area (Å²) < 4.78 is 6.63. The zero-order valence-corrected chi connectivity index (χ0v) is 17.6. The highest BCUT2D eigenvalue weighted by Crippen LogP contribution is 2.23. The summed E-state index contributed by atoms with van der Waals surface area (Å²) in [6.07, 6.45) is 3.80. The van der Waals surface area contributed by atoms with Crippen LogP contribution >= 0.6 is 0 Å². The number of hydrogen-bond donors (Lipinski definition) is 2. The largest absolute Gasteiger partial charge is 0.466 e. The third kappa shape index (κ3) is 4.65. The van der Waals surface area contributed by atoms with E-state index in [1.165, 1.54) is 6.92 Å². The molecule has 0 unspecified atom stereocenters. The highest BCUT2D eigenvalue weighted by Gasteiger charge is 2.17. The Hall–Kier alpha value is -4.04. The molecule has 1 amide bonds. The van der Waals surface area contributed by atoms with Crippen LogP contribution in [0.15, 0.2) is 67.0 Å². The number of nitrogens with two attached hydrogens (primary N) is 1. The van der Waals surface area contributed by atoms with E-state index in [0.717, 1.165) is 16.7 Å². The SMILES string of the molecule is CC(=O)OCCc1ccccc1NC(=O)c1cc(-c2cccc(CN)c2)nn2ccnc12. The third-order valence-corrected chi connectivity index (χ3v) is 5.00. The molecule has 32 heavy (non-hydrogen) atoms. The van der Waals surface area contributed by atoms with Gasteiger partial charge in [0, 0.05) is 43.5 Å². The monoisotopic (exact) mass is 429 g/mol. The number of carbonyl (C=O) groups excluding carboxylic acids is 2. The van der Waals surface area contributed by atoms with Gasteiger partial charge in [-0.2, -0.15) is 5.10 Å². The molecule has 0 aliphatic rings. The van der Waals surface area contributed by atoms with Crippen LogP contribution in [0.1, 0.15) is 28.4 Å².